The monoisotopic (exact) mass is 411 g/mol. The molecule has 152 valence electrons. The molecule has 0 amide bonds. The maximum atomic E-state index is 10.4. The molecular weight excluding hydrogens is 386 g/mol. The molecule has 0 fully saturated rings. The Balaban J connectivity index is 1.64. The molecule has 0 saturated heterocycles. The van der Waals surface area contributed by atoms with Crippen LogP contribution >= 0.6 is 11.6 Å². The first-order chi connectivity index (χ1) is 14.2. The third kappa shape index (κ3) is 6.34. The molecule has 1 unspecified atom stereocenters. The second-order valence-electron chi connectivity index (χ2n) is 6.62. The van der Waals surface area contributed by atoms with Crippen molar-refractivity contribution in [3.8, 4) is 0 Å². The Bertz CT molecular complexity index is 909. The minimum absolute atomic E-state index is 0.350. The lowest BCUT2D eigenvalue weighted by Gasteiger charge is -2.16. The van der Waals surface area contributed by atoms with Gasteiger partial charge < -0.3 is 15.7 Å². The predicted octanol–water partition coefficient (Wildman–Crippen LogP) is 3.37. The van der Waals surface area contributed by atoms with E-state index in [1.165, 1.54) is 5.56 Å². The first kappa shape index (κ1) is 20.9. The Hall–Kier alpha value is -2.83. The topological polar surface area (TPSA) is 74.5 Å². The van der Waals surface area contributed by atoms with E-state index in [0.717, 1.165) is 17.7 Å². The van der Waals surface area contributed by atoms with Gasteiger partial charge in [-0.3, -0.25) is 4.68 Å². The SMILES string of the molecule is CCNC(=NCc1ccccc1Cn1cccn1)NCC(O)c1ccc(Cl)cc1. The highest BCUT2D eigenvalue weighted by atomic mass is 35.5. The fourth-order valence-corrected chi connectivity index (χ4v) is 3.06. The lowest BCUT2D eigenvalue weighted by molar-refractivity contribution is 0.181. The molecule has 0 aliphatic carbocycles. The third-order valence-corrected chi connectivity index (χ3v) is 4.73. The molecule has 0 spiro atoms. The maximum absolute atomic E-state index is 10.4. The lowest BCUT2D eigenvalue weighted by atomic mass is 10.1. The number of halogens is 1. The van der Waals surface area contributed by atoms with E-state index in [1.807, 2.05) is 48.1 Å². The fourth-order valence-electron chi connectivity index (χ4n) is 2.94. The zero-order chi connectivity index (χ0) is 20.5. The van der Waals surface area contributed by atoms with Gasteiger partial charge >= 0.3 is 0 Å². The highest BCUT2D eigenvalue weighted by molar-refractivity contribution is 6.30. The smallest absolute Gasteiger partial charge is 0.191 e. The van der Waals surface area contributed by atoms with Crippen molar-refractivity contribution in [3.05, 3.63) is 88.7 Å². The van der Waals surface area contributed by atoms with Crippen LogP contribution < -0.4 is 10.6 Å². The van der Waals surface area contributed by atoms with Crippen molar-refractivity contribution in [3.63, 3.8) is 0 Å². The number of nitrogens with one attached hydrogen (secondary N) is 2. The highest BCUT2D eigenvalue weighted by Gasteiger charge is 2.09. The summed E-state index contributed by atoms with van der Waals surface area (Å²) in [6.45, 7) is 4.33. The Morgan fingerprint density at radius 1 is 1.10 bits per heavy atom. The molecule has 0 saturated carbocycles. The van der Waals surface area contributed by atoms with Gasteiger partial charge in [0.25, 0.3) is 0 Å². The summed E-state index contributed by atoms with van der Waals surface area (Å²) in [6.07, 6.45) is 3.08. The summed E-state index contributed by atoms with van der Waals surface area (Å²) < 4.78 is 1.90. The van der Waals surface area contributed by atoms with Crippen LogP contribution in [0.3, 0.4) is 0 Å². The average molecular weight is 412 g/mol. The van der Waals surface area contributed by atoms with Crippen molar-refractivity contribution < 1.29 is 5.11 Å². The second kappa shape index (κ2) is 10.6. The van der Waals surface area contributed by atoms with Crippen molar-refractivity contribution in [2.75, 3.05) is 13.1 Å². The van der Waals surface area contributed by atoms with Gasteiger partial charge in [0.15, 0.2) is 5.96 Å². The van der Waals surface area contributed by atoms with Gasteiger partial charge in [0, 0.05) is 30.5 Å². The van der Waals surface area contributed by atoms with Crippen molar-refractivity contribution >= 4 is 17.6 Å². The van der Waals surface area contributed by atoms with Crippen molar-refractivity contribution in [1.29, 1.82) is 0 Å². The van der Waals surface area contributed by atoms with Crippen molar-refractivity contribution in [2.24, 2.45) is 4.99 Å². The van der Waals surface area contributed by atoms with E-state index in [9.17, 15) is 5.11 Å². The molecule has 29 heavy (non-hydrogen) atoms. The largest absolute Gasteiger partial charge is 0.387 e. The summed E-state index contributed by atoms with van der Waals surface area (Å²) in [5.74, 6) is 0.661. The molecule has 3 aromatic rings. The van der Waals surface area contributed by atoms with E-state index >= 15 is 0 Å². The summed E-state index contributed by atoms with van der Waals surface area (Å²) in [5, 5.41) is 21.8. The number of hydrogen-bond acceptors (Lipinski definition) is 3. The molecule has 1 heterocycles. The molecule has 0 aliphatic heterocycles. The van der Waals surface area contributed by atoms with Gasteiger partial charge in [-0.1, -0.05) is 48.0 Å². The molecule has 0 bridgehead atoms. The quantitative estimate of drug-likeness (QED) is 0.392. The number of benzene rings is 2. The van der Waals surface area contributed by atoms with E-state index in [2.05, 4.69) is 32.9 Å². The van der Waals surface area contributed by atoms with Crippen LogP contribution in [0.15, 0.2) is 72.0 Å². The summed E-state index contributed by atoms with van der Waals surface area (Å²) >= 11 is 5.91. The van der Waals surface area contributed by atoms with Gasteiger partial charge in [-0.05, 0) is 41.8 Å². The van der Waals surface area contributed by atoms with Crippen LogP contribution in [0.5, 0.6) is 0 Å². The first-order valence-electron chi connectivity index (χ1n) is 9.65. The van der Waals surface area contributed by atoms with Crippen molar-refractivity contribution in [2.45, 2.75) is 26.1 Å². The van der Waals surface area contributed by atoms with Crippen LogP contribution in [-0.2, 0) is 13.1 Å². The molecule has 1 aromatic heterocycles. The summed E-state index contributed by atoms with van der Waals surface area (Å²) in [5.41, 5.74) is 3.12. The van der Waals surface area contributed by atoms with E-state index in [4.69, 9.17) is 11.6 Å². The minimum Gasteiger partial charge on any atom is -0.387 e. The molecule has 7 heteroatoms. The average Bonchev–Trinajstić information content (AvgIpc) is 3.24. The lowest BCUT2D eigenvalue weighted by Crippen LogP contribution is -2.39. The zero-order valence-electron chi connectivity index (χ0n) is 16.4. The maximum Gasteiger partial charge on any atom is 0.191 e. The van der Waals surface area contributed by atoms with Crippen LogP contribution in [0.4, 0.5) is 0 Å². The summed E-state index contributed by atoms with van der Waals surface area (Å²) in [4.78, 5) is 4.69. The first-order valence-corrected chi connectivity index (χ1v) is 10.0. The van der Waals surface area contributed by atoms with E-state index in [1.54, 1.807) is 18.3 Å². The second-order valence-corrected chi connectivity index (χ2v) is 7.05. The normalized spacial score (nSPS) is 12.6. The molecule has 3 N–H and O–H groups in total. The van der Waals surface area contributed by atoms with Gasteiger partial charge in [0.2, 0.25) is 0 Å². The van der Waals surface area contributed by atoms with Crippen molar-refractivity contribution in [1.82, 2.24) is 20.4 Å². The van der Waals surface area contributed by atoms with Gasteiger partial charge in [0.1, 0.15) is 0 Å². The molecule has 3 rings (SSSR count). The Labute approximate surface area is 176 Å². The van der Waals surface area contributed by atoms with E-state index in [0.29, 0.717) is 30.6 Å². The molecule has 6 nitrogen and oxygen atoms in total. The number of rotatable bonds is 8. The molecule has 2 aromatic carbocycles. The van der Waals surface area contributed by atoms with E-state index < -0.39 is 6.10 Å². The van der Waals surface area contributed by atoms with Gasteiger partial charge in [-0.15, -0.1) is 0 Å². The number of aromatic nitrogens is 2. The predicted molar refractivity (Wildman–Crippen MR) is 117 cm³/mol. The summed E-state index contributed by atoms with van der Waals surface area (Å²) in [7, 11) is 0. The van der Waals surface area contributed by atoms with Gasteiger partial charge in [-0.25, -0.2) is 4.99 Å². The number of aliphatic imine (C=N–C) groups is 1. The molecule has 1 atom stereocenters. The zero-order valence-corrected chi connectivity index (χ0v) is 17.2. The number of aliphatic hydroxyl groups excluding tert-OH is 1. The van der Waals surface area contributed by atoms with Gasteiger partial charge in [-0.2, -0.15) is 5.10 Å². The van der Waals surface area contributed by atoms with E-state index in [-0.39, 0.29) is 0 Å². The van der Waals surface area contributed by atoms with Crippen LogP contribution in [0.1, 0.15) is 29.7 Å². The number of hydrogen-bond donors (Lipinski definition) is 3. The minimum atomic E-state index is -0.650. The molecule has 0 radical (unpaired) electrons. The molecular formula is C22H26ClN5O. The fraction of sp³-hybridized carbons (Fsp3) is 0.273. The highest BCUT2D eigenvalue weighted by Crippen LogP contribution is 2.16. The number of guanidine groups is 1. The van der Waals surface area contributed by atoms with Crippen LogP contribution in [0, 0.1) is 0 Å². The standard InChI is InChI=1S/C22H26ClN5O/c1-2-24-22(26-15-21(29)17-8-10-20(23)11-9-17)25-14-18-6-3-4-7-19(18)16-28-13-5-12-27-28/h3-13,21,29H,2,14-16H2,1H3,(H2,24,25,26). The van der Waals surface area contributed by atoms with Crippen LogP contribution in [0.2, 0.25) is 5.02 Å². The van der Waals surface area contributed by atoms with Crippen LogP contribution in [-0.4, -0.2) is 33.9 Å². The van der Waals surface area contributed by atoms with Crippen LogP contribution in [0.25, 0.3) is 0 Å². The Morgan fingerprint density at radius 3 is 2.55 bits per heavy atom. The Morgan fingerprint density at radius 2 is 1.86 bits per heavy atom. The number of aliphatic hydroxyl groups is 1. The molecule has 0 aliphatic rings. The number of nitrogens with zero attached hydrogens (tertiary/aromatic N) is 3. The van der Waals surface area contributed by atoms with Gasteiger partial charge in [0.05, 0.1) is 19.2 Å². The third-order valence-electron chi connectivity index (χ3n) is 4.48. The summed E-state index contributed by atoms with van der Waals surface area (Å²) in [6, 6.07) is 17.3. The Kier molecular flexibility index (Phi) is 7.67.